The van der Waals surface area contributed by atoms with E-state index in [1.54, 1.807) is 0 Å². The lowest BCUT2D eigenvalue weighted by atomic mass is 10.1. The van der Waals surface area contributed by atoms with Gasteiger partial charge >= 0.3 is 0 Å². The summed E-state index contributed by atoms with van der Waals surface area (Å²) in [6.07, 6.45) is 9.44. The molecule has 1 aliphatic heterocycles. The van der Waals surface area contributed by atoms with Crippen LogP contribution in [-0.4, -0.2) is 46.3 Å². The lowest BCUT2D eigenvalue weighted by Crippen LogP contribution is -2.32. The van der Waals surface area contributed by atoms with Gasteiger partial charge in [-0.2, -0.15) is 5.10 Å². The van der Waals surface area contributed by atoms with E-state index < -0.39 is 0 Å². The summed E-state index contributed by atoms with van der Waals surface area (Å²) < 4.78 is 2.01. The van der Waals surface area contributed by atoms with Crippen LogP contribution in [0.15, 0.2) is 30.3 Å². The lowest BCUT2D eigenvalue weighted by molar-refractivity contribution is 0.0941. The molecule has 2 fully saturated rings. The van der Waals surface area contributed by atoms with Crippen molar-refractivity contribution in [1.82, 2.24) is 20.0 Å². The maximum absolute atomic E-state index is 13.1. The van der Waals surface area contributed by atoms with Gasteiger partial charge in [0.2, 0.25) is 0 Å². The SMILES string of the molecule is O=C(NCC1CCN(C2CC2)C1)c1nn(-c2ccccc2)c2c1CCCCC2. The molecule has 1 saturated carbocycles. The molecule has 0 radical (unpaired) electrons. The van der Waals surface area contributed by atoms with Crippen molar-refractivity contribution >= 4 is 5.91 Å². The van der Waals surface area contributed by atoms with Crippen molar-refractivity contribution < 1.29 is 4.79 Å². The highest BCUT2D eigenvalue weighted by Gasteiger charge is 2.34. The highest BCUT2D eigenvalue weighted by Crippen LogP contribution is 2.31. The number of nitrogens with one attached hydrogen (secondary N) is 1. The number of para-hydroxylation sites is 1. The second-order valence-corrected chi connectivity index (χ2v) is 8.67. The first-order chi connectivity index (χ1) is 13.8. The maximum Gasteiger partial charge on any atom is 0.272 e. The number of benzene rings is 1. The Kier molecular flexibility index (Phi) is 4.93. The predicted octanol–water partition coefficient (Wildman–Crippen LogP) is 3.36. The first-order valence-corrected chi connectivity index (χ1v) is 11.0. The Labute approximate surface area is 167 Å². The first kappa shape index (κ1) is 17.9. The highest BCUT2D eigenvalue weighted by molar-refractivity contribution is 5.94. The van der Waals surface area contributed by atoms with Gasteiger partial charge < -0.3 is 10.2 Å². The van der Waals surface area contributed by atoms with Gasteiger partial charge in [0, 0.05) is 30.4 Å². The van der Waals surface area contributed by atoms with Crippen LogP contribution in [0, 0.1) is 5.92 Å². The molecule has 28 heavy (non-hydrogen) atoms. The fourth-order valence-electron chi connectivity index (χ4n) is 4.86. The van der Waals surface area contributed by atoms with E-state index in [0.29, 0.717) is 11.6 Å². The summed E-state index contributed by atoms with van der Waals surface area (Å²) in [6.45, 7) is 3.11. The van der Waals surface area contributed by atoms with Crippen LogP contribution in [0.25, 0.3) is 5.69 Å². The summed E-state index contributed by atoms with van der Waals surface area (Å²) in [5.74, 6) is 0.595. The van der Waals surface area contributed by atoms with Crippen LogP contribution in [-0.2, 0) is 12.8 Å². The molecule has 1 atom stereocenters. The van der Waals surface area contributed by atoms with Crippen LogP contribution in [0.3, 0.4) is 0 Å². The summed E-state index contributed by atoms with van der Waals surface area (Å²) >= 11 is 0. The summed E-state index contributed by atoms with van der Waals surface area (Å²) in [5, 5.41) is 8.01. The summed E-state index contributed by atoms with van der Waals surface area (Å²) in [7, 11) is 0. The Morgan fingerprint density at radius 3 is 2.71 bits per heavy atom. The number of carbonyl (C=O) groups is 1. The molecule has 1 saturated heterocycles. The fraction of sp³-hybridized carbons (Fsp3) is 0.565. The van der Waals surface area contributed by atoms with Crippen molar-refractivity contribution in [3.05, 3.63) is 47.3 Å². The second-order valence-electron chi connectivity index (χ2n) is 8.67. The van der Waals surface area contributed by atoms with Crippen molar-refractivity contribution in [1.29, 1.82) is 0 Å². The highest BCUT2D eigenvalue weighted by atomic mass is 16.2. The van der Waals surface area contributed by atoms with Gasteiger partial charge in [0.15, 0.2) is 5.69 Å². The molecule has 5 rings (SSSR count). The van der Waals surface area contributed by atoms with Gasteiger partial charge in [0.1, 0.15) is 0 Å². The summed E-state index contributed by atoms with van der Waals surface area (Å²) in [6, 6.07) is 11.1. The van der Waals surface area contributed by atoms with Gasteiger partial charge in [-0.25, -0.2) is 4.68 Å². The molecular formula is C23H30N4O. The first-order valence-electron chi connectivity index (χ1n) is 11.0. The number of likely N-dealkylation sites (tertiary alicyclic amines) is 1. The predicted molar refractivity (Wildman–Crippen MR) is 110 cm³/mol. The number of hydrogen-bond donors (Lipinski definition) is 1. The van der Waals surface area contributed by atoms with Gasteiger partial charge in [-0.3, -0.25) is 4.79 Å². The van der Waals surface area contributed by atoms with Crippen molar-refractivity contribution in [2.24, 2.45) is 5.92 Å². The molecule has 2 heterocycles. The third kappa shape index (κ3) is 3.60. The van der Waals surface area contributed by atoms with Crippen LogP contribution in [0.4, 0.5) is 0 Å². The molecule has 0 spiro atoms. The molecule has 1 aromatic carbocycles. The number of rotatable bonds is 5. The molecule has 1 N–H and O–H groups in total. The van der Waals surface area contributed by atoms with E-state index in [4.69, 9.17) is 5.10 Å². The van der Waals surface area contributed by atoms with E-state index in [1.165, 1.54) is 49.9 Å². The molecule has 1 aromatic heterocycles. The Bertz CT molecular complexity index is 840. The number of carbonyl (C=O) groups excluding carboxylic acids is 1. The van der Waals surface area contributed by atoms with E-state index in [9.17, 15) is 4.79 Å². The number of amides is 1. The van der Waals surface area contributed by atoms with E-state index in [2.05, 4.69) is 22.3 Å². The molecule has 1 amide bonds. The third-order valence-electron chi connectivity index (χ3n) is 6.58. The molecular weight excluding hydrogens is 348 g/mol. The van der Waals surface area contributed by atoms with Gasteiger partial charge in [0.25, 0.3) is 5.91 Å². The van der Waals surface area contributed by atoms with Crippen molar-refractivity contribution in [3.63, 3.8) is 0 Å². The minimum absolute atomic E-state index is 0.0118. The zero-order chi connectivity index (χ0) is 18.9. The standard InChI is InChI=1S/C23H30N4O/c28-23(24-15-17-13-14-26(16-17)18-11-12-18)22-20-9-5-2-6-10-21(20)27(25-22)19-7-3-1-4-8-19/h1,3-4,7-8,17-18H,2,5-6,9-16H2,(H,24,28). The number of aromatic nitrogens is 2. The zero-order valence-electron chi connectivity index (χ0n) is 16.6. The summed E-state index contributed by atoms with van der Waals surface area (Å²) in [5.41, 5.74) is 4.10. The van der Waals surface area contributed by atoms with Crippen molar-refractivity contribution in [2.75, 3.05) is 19.6 Å². The largest absolute Gasteiger partial charge is 0.350 e. The topological polar surface area (TPSA) is 50.2 Å². The van der Waals surface area contributed by atoms with Crippen LogP contribution < -0.4 is 5.32 Å². The van der Waals surface area contributed by atoms with Crippen LogP contribution in [0.5, 0.6) is 0 Å². The van der Waals surface area contributed by atoms with Gasteiger partial charge in [-0.05, 0) is 69.5 Å². The molecule has 3 aliphatic rings. The number of fused-ring (bicyclic) bond motifs is 1. The minimum atomic E-state index is 0.0118. The molecule has 0 bridgehead atoms. The Hall–Kier alpha value is -2.14. The lowest BCUT2D eigenvalue weighted by Gasteiger charge is -2.15. The van der Waals surface area contributed by atoms with E-state index in [0.717, 1.165) is 44.1 Å². The minimum Gasteiger partial charge on any atom is -0.350 e. The third-order valence-corrected chi connectivity index (χ3v) is 6.58. The van der Waals surface area contributed by atoms with Gasteiger partial charge in [0.05, 0.1) is 5.69 Å². The maximum atomic E-state index is 13.1. The quantitative estimate of drug-likeness (QED) is 0.812. The normalized spacial score (nSPS) is 22.6. The summed E-state index contributed by atoms with van der Waals surface area (Å²) in [4.78, 5) is 15.7. The zero-order valence-corrected chi connectivity index (χ0v) is 16.6. The number of nitrogens with zero attached hydrogens (tertiary/aromatic N) is 3. The average Bonchev–Trinajstić information content (AvgIpc) is 3.43. The van der Waals surface area contributed by atoms with E-state index in [1.807, 2.05) is 22.9 Å². The van der Waals surface area contributed by atoms with Crippen LogP contribution in [0.2, 0.25) is 0 Å². The fourth-order valence-corrected chi connectivity index (χ4v) is 4.86. The second kappa shape index (κ2) is 7.70. The van der Waals surface area contributed by atoms with Gasteiger partial charge in [-0.15, -0.1) is 0 Å². The van der Waals surface area contributed by atoms with Crippen molar-refractivity contribution in [2.45, 2.75) is 57.4 Å². The molecule has 5 heteroatoms. The monoisotopic (exact) mass is 378 g/mol. The van der Waals surface area contributed by atoms with Crippen molar-refractivity contribution in [3.8, 4) is 5.69 Å². The van der Waals surface area contributed by atoms with Gasteiger partial charge in [-0.1, -0.05) is 24.6 Å². The Morgan fingerprint density at radius 2 is 1.89 bits per heavy atom. The Morgan fingerprint density at radius 1 is 1.07 bits per heavy atom. The van der Waals surface area contributed by atoms with E-state index in [-0.39, 0.29) is 5.91 Å². The van der Waals surface area contributed by atoms with Crippen LogP contribution in [0.1, 0.15) is 60.3 Å². The average molecular weight is 379 g/mol. The molecule has 1 unspecified atom stereocenters. The number of hydrogen-bond acceptors (Lipinski definition) is 3. The molecule has 148 valence electrons. The van der Waals surface area contributed by atoms with Crippen LogP contribution >= 0.6 is 0 Å². The molecule has 2 aliphatic carbocycles. The van der Waals surface area contributed by atoms with E-state index >= 15 is 0 Å². The molecule has 2 aromatic rings. The Balaban J connectivity index is 1.33. The molecule has 5 nitrogen and oxygen atoms in total. The smallest absolute Gasteiger partial charge is 0.272 e.